The third-order valence-corrected chi connectivity index (χ3v) is 2.75. The molecule has 4 amide bonds. The van der Waals surface area contributed by atoms with Gasteiger partial charge < -0.3 is 15.5 Å². The Morgan fingerprint density at radius 3 is 2.18 bits per heavy atom. The minimum Gasteiger partial charge on any atom is -0.374 e. The number of aliphatic hydroxyl groups is 2. The lowest BCUT2D eigenvalue weighted by Crippen LogP contribution is -2.55. The summed E-state index contributed by atoms with van der Waals surface area (Å²) in [4.78, 5) is 36.3. The lowest BCUT2D eigenvalue weighted by molar-refractivity contribution is -0.0492. The van der Waals surface area contributed by atoms with E-state index >= 15 is 0 Å². The lowest BCUT2D eigenvalue weighted by atomic mass is 10.3. The average Bonchev–Trinajstić information content (AvgIpc) is 2.45. The summed E-state index contributed by atoms with van der Waals surface area (Å²) in [5, 5.41) is 21.5. The zero-order valence-corrected chi connectivity index (χ0v) is 12.3. The first-order valence-corrected chi connectivity index (χ1v) is 6.56. The fraction of sp³-hybridized carbons (Fsp3) is 0.357. The molecule has 0 aromatic heterocycles. The molecule has 0 saturated heterocycles. The van der Waals surface area contributed by atoms with Crippen molar-refractivity contribution < 1.29 is 24.6 Å². The quantitative estimate of drug-likeness (QED) is 0.682. The Morgan fingerprint density at radius 1 is 1.18 bits per heavy atom. The van der Waals surface area contributed by atoms with Gasteiger partial charge in [0.2, 0.25) is 6.29 Å². The molecule has 0 bridgehead atoms. The van der Waals surface area contributed by atoms with Crippen LogP contribution >= 0.6 is 0 Å². The van der Waals surface area contributed by atoms with Crippen LogP contribution in [-0.2, 0) is 4.79 Å². The first-order chi connectivity index (χ1) is 10.4. The number of anilines is 1. The fourth-order valence-corrected chi connectivity index (χ4v) is 1.83. The van der Waals surface area contributed by atoms with Crippen molar-refractivity contribution >= 4 is 24.0 Å². The molecular weight excluding hydrogens is 290 g/mol. The second-order valence-electron chi connectivity index (χ2n) is 4.43. The molecule has 119 valence electrons. The second kappa shape index (κ2) is 8.11. The molecule has 0 saturated carbocycles. The second-order valence-corrected chi connectivity index (χ2v) is 4.43. The number of hydrogen-bond acceptors (Lipinski definition) is 5. The van der Waals surface area contributed by atoms with Gasteiger partial charge in [-0.3, -0.25) is 9.69 Å². The Morgan fingerprint density at radius 2 is 1.73 bits per heavy atom. The smallest absolute Gasteiger partial charge is 0.336 e. The van der Waals surface area contributed by atoms with Crippen LogP contribution in [-0.4, -0.2) is 52.5 Å². The monoisotopic (exact) mass is 308 g/mol. The Bertz CT molecular complexity index is 510. The van der Waals surface area contributed by atoms with Crippen molar-refractivity contribution in [2.45, 2.75) is 26.3 Å². The molecule has 0 aliphatic heterocycles. The summed E-state index contributed by atoms with van der Waals surface area (Å²) in [6.07, 6.45) is -1.14. The van der Waals surface area contributed by atoms with Gasteiger partial charge in [0.1, 0.15) is 12.5 Å². The molecule has 1 rings (SSSR count). The van der Waals surface area contributed by atoms with Gasteiger partial charge in [0.15, 0.2) is 0 Å². The number of urea groups is 2. The van der Waals surface area contributed by atoms with Gasteiger partial charge in [0, 0.05) is 0 Å². The van der Waals surface area contributed by atoms with E-state index in [4.69, 9.17) is 0 Å². The molecule has 0 spiro atoms. The van der Waals surface area contributed by atoms with Crippen LogP contribution in [0.1, 0.15) is 13.8 Å². The summed E-state index contributed by atoms with van der Waals surface area (Å²) < 4.78 is 0. The van der Waals surface area contributed by atoms with E-state index in [1.54, 1.807) is 18.2 Å². The number of nitrogens with zero attached hydrogens (tertiary/aromatic N) is 2. The highest BCUT2D eigenvalue weighted by molar-refractivity contribution is 6.13. The highest BCUT2D eigenvalue weighted by atomic mass is 16.3. The molecule has 2 atom stereocenters. The maximum absolute atomic E-state index is 12.5. The van der Waals surface area contributed by atoms with E-state index in [2.05, 4.69) is 5.32 Å². The van der Waals surface area contributed by atoms with E-state index in [9.17, 15) is 24.6 Å². The normalized spacial score (nSPS) is 12.9. The van der Waals surface area contributed by atoms with E-state index in [1.165, 1.54) is 32.3 Å². The molecule has 22 heavy (non-hydrogen) atoms. The van der Waals surface area contributed by atoms with Gasteiger partial charge in [0.25, 0.3) is 0 Å². The number of aliphatic hydroxyl groups excluding tert-OH is 2. The van der Waals surface area contributed by atoms with E-state index < -0.39 is 31.1 Å². The molecule has 1 aromatic carbocycles. The van der Waals surface area contributed by atoms with Crippen molar-refractivity contribution in [3.63, 3.8) is 0 Å². The molecule has 0 heterocycles. The number of amides is 4. The van der Waals surface area contributed by atoms with Crippen molar-refractivity contribution in [1.82, 2.24) is 10.2 Å². The Labute approximate surface area is 127 Å². The standard InChI is InChI=1S/C14H18N3O5/c1-10(19)16(11(2)20)14(22)17(13(21)15-8-9-18)12-6-4-3-5-7-12/h3-7,10-11,19-20H,8H2,1-2H3,(H,15,21). The third-order valence-electron chi connectivity index (χ3n) is 2.75. The summed E-state index contributed by atoms with van der Waals surface area (Å²) in [6.45, 7) is 2.18. The number of carbonyl (C=O) groups is 2. The van der Waals surface area contributed by atoms with Crippen molar-refractivity contribution in [2.24, 2.45) is 0 Å². The first-order valence-electron chi connectivity index (χ1n) is 6.56. The molecule has 1 aromatic rings. The SMILES string of the molecule is CC(O)N(C(=O)N(C(=O)NC[C]=O)c1ccccc1)C(C)O. The molecule has 2 unspecified atom stereocenters. The van der Waals surface area contributed by atoms with Crippen molar-refractivity contribution in [2.75, 3.05) is 11.4 Å². The summed E-state index contributed by atoms with van der Waals surface area (Å²) in [7, 11) is 0. The van der Waals surface area contributed by atoms with Crippen LogP contribution in [0.4, 0.5) is 15.3 Å². The summed E-state index contributed by atoms with van der Waals surface area (Å²) in [5.74, 6) is 0. The number of benzene rings is 1. The fourth-order valence-electron chi connectivity index (χ4n) is 1.83. The molecule has 1 radical (unpaired) electrons. The number of para-hydroxylation sites is 1. The highest BCUT2D eigenvalue weighted by Gasteiger charge is 2.32. The Hall–Kier alpha value is -2.45. The minimum atomic E-state index is -1.32. The first kappa shape index (κ1) is 17.6. The minimum absolute atomic E-state index is 0.224. The zero-order chi connectivity index (χ0) is 16.7. The van der Waals surface area contributed by atoms with Crippen molar-refractivity contribution in [1.29, 1.82) is 0 Å². The average molecular weight is 308 g/mol. The number of imide groups is 1. The Kier molecular flexibility index (Phi) is 6.48. The van der Waals surface area contributed by atoms with Crippen LogP contribution in [0.25, 0.3) is 0 Å². The van der Waals surface area contributed by atoms with Gasteiger partial charge in [-0.1, -0.05) is 18.2 Å². The number of nitrogens with one attached hydrogen (secondary N) is 1. The zero-order valence-electron chi connectivity index (χ0n) is 12.3. The van der Waals surface area contributed by atoms with E-state index in [0.717, 1.165) is 9.80 Å². The Balaban J connectivity index is 3.16. The maximum atomic E-state index is 12.5. The topological polar surface area (TPSA) is 110 Å². The van der Waals surface area contributed by atoms with Crippen LogP contribution < -0.4 is 10.2 Å². The van der Waals surface area contributed by atoms with Gasteiger partial charge >= 0.3 is 12.1 Å². The number of hydrogen-bond donors (Lipinski definition) is 3. The van der Waals surface area contributed by atoms with E-state index in [-0.39, 0.29) is 5.69 Å². The van der Waals surface area contributed by atoms with E-state index in [0.29, 0.717) is 0 Å². The van der Waals surface area contributed by atoms with Crippen LogP contribution in [0, 0.1) is 0 Å². The number of carbonyl (C=O) groups excluding carboxylic acids is 3. The molecule has 0 aliphatic carbocycles. The summed E-state index contributed by atoms with van der Waals surface area (Å²) in [6, 6.07) is 6.14. The molecule has 0 fully saturated rings. The van der Waals surface area contributed by atoms with Crippen molar-refractivity contribution in [3.8, 4) is 0 Å². The van der Waals surface area contributed by atoms with Crippen LogP contribution in [0.5, 0.6) is 0 Å². The predicted molar refractivity (Wildman–Crippen MR) is 78.6 cm³/mol. The van der Waals surface area contributed by atoms with Crippen molar-refractivity contribution in [3.05, 3.63) is 30.3 Å². The van der Waals surface area contributed by atoms with E-state index in [1.807, 2.05) is 0 Å². The molecule has 8 heteroatoms. The van der Waals surface area contributed by atoms with Gasteiger partial charge in [-0.2, -0.15) is 0 Å². The van der Waals surface area contributed by atoms with Crippen LogP contribution in [0.15, 0.2) is 30.3 Å². The molecule has 8 nitrogen and oxygen atoms in total. The summed E-state index contributed by atoms with van der Waals surface area (Å²) >= 11 is 0. The van der Waals surface area contributed by atoms with Crippen LogP contribution in [0.3, 0.4) is 0 Å². The van der Waals surface area contributed by atoms with Gasteiger partial charge in [-0.15, -0.1) is 0 Å². The molecule has 3 N–H and O–H groups in total. The highest BCUT2D eigenvalue weighted by Crippen LogP contribution is 2.17. The van der Waals surface area contributed by atoms with Gasteiger partial charge in [0.05, 0.1) is 12.2 Å². The summed E-state index contributed by atoms with van der Waals surface area (Å²) in [5.41, 5.74) is 0.224. The lowest BCUT2D eigenvalue weighted by Gasteiger charge is -2.33. The molecule has 0 aliphatic rings. The van der Waals surface area contributed by atoms with Crippen LogP contribution in [0.2, 0.25) is 0 Å². The molecular formula is C14H18N3O5. The van der Waals surface area contributed by atoms with Gasteiger partial charge in [-0.05, 0) is 26.0 Å². The van der Waals surface area contributed by atoms with Gasteiger partial charge in [-0.25, -0.2) is 14.5 Å². The maximum Gasteiger partial charge on any atom is 0.336 e. The number of rotatable bonds is 5. The predicted octanol–water partition coefficient (Wildman–Crippen LogP) is 0.411. The third kappa shape index (κ3) is 4.27. The largest absolute Gasteiger partial charge is 0.374 e.